The van der Waals surface area contributed by atoms with Crippen molar-refractivity contribution < 1.29 is 19.0 Å². The molecule has 0 aromatic heterocycles. The molecular weight excluding hydrogens is 335 g/mol. The zero-order chi connectivity index (χ0) is 18.7. The summed E-state index contributed by atoms with van der Waals surface area (Å²) < 4.78 is 24.7. The summed E-state index contributed by atoms with van der Waals surface area (Å²) in [5.74, 6) is 0.653. The van der Waals surface area contributed by atoms with Crippen molar-refractivity contribution in [2.45, 2.75) is 32.6 Å². The van der Waals surface area contributed by atoms with E-state index in [-0.39, 0.29) is 36.3 Å². The molecule has 0 radical (unpaired) electrons. The molecule has 0 saturated carbocycles. The largest absolute Gasteiger partial charge is 0.494 e. The molecule has 4 atom stereocenters. The van der Waals surface area contributed by atoms with Crippen molar-refractivity contribution >= 4 is 0 Å². The predicted octanol–water partition coefficient (Wildman–Crippen LogP) is 1.98. The van der Waals surface area contributed by atoms with E-state index in [0.29, 0.717) is 12.5 Å². The standard InChI is InChI=1S/C20H31FN2O3/c1-14-7-22(8-15(2)26-14)10-17-11-23(12-18(17)13-24)9-16-4-5-20(25-3)19(21)6-16/h4-6,14-15,17-18,24H,7-13H2,1-3H3/t14-,15+,17-,18-/m1/s1. The van der Waals surface area contributed by atoms with Gasteiger partial charge in [0.25, 0.3) is 0 Å². The van der Waals surface area contributed by atoms with E-state index in [2.05, 4.69) is 23.6 Å². The smallest absolute Gasteiger partial charge is 0.165 e. The summed E-state index contributed by atoms with van der Waals surface area (Å²) in [5, 5.41) is 9.82. The number of nitrogens with zero attached hydrogens (tertiary/aromatic N) is 2. The number of methoxy groups -OCH3 is 1. The van der Waals surface area contributed by atoms with Crippen molar-refractivity contribution in [3.05, 3.63) is 29.6 Å². The molecular formula is C20H31FN2O3. The van der Waals surface area contributed by atoms with Crippen LogP contribution in [-0.2, 0) is 11.3 Å². The third-order valence-corrected chi connectivity index (χ3v) is 5.50. The minimum absolute atomic E-state index is 0.202. The first-order valence-corrected chi connectivity index (χ1v) is 9.52. The van der Waals surface area contributed by atoms with E-state index in [4.69, 9.17) is 9.47 Å². The minimum atomic E-state index is -0.323. The number of benzene rings is 1. The van der Waals surface area contributed by atoms with Gasteiger partial charge >= 0.3 is 0 Å². The first kappa shape index (κ1) is 19.5. The lowest BCUT2D eigenvalue weighted by Gasteiger charge is -2.37. The van der Waals surface area contributed by atoms with Gasteiger partial charge in [0.2, 0.25) is 0 Å². The molecule has 5 nitrogen and oxygen atoms in total. The van der Waals surface area contributed by atoms with Crippen LogP contribution in [0.2, 0.25) is 0 Å². The second-order valence-electron chi connectivity index (χ2n) is 7.84. The van der Waals surface area contributed by atoms with Crippen molar-refractivity contribution in [3.63, 3.8) is 0 Å². The van der Waals surface area contributed by atoms with E-state index in [1.54, 1.807) is 12.1 Å². The monoisotopic (exact) mass is 366 g/mol. The molecule has 0 bridgehead atoms. The van der Waals surface area contributed by atoms with Gasteiger partial charge in [-0.3, -0.25) is 9.80 Å². The lowest BCUT2D eigenvalue weighted by Crippen LogP contribution is -2.48. The minimum Gasteiger partial charge on any atom is -0.494 e. The number of hydrogen-bond acceptors (Lipinski definition) is 5. The molecule has 0 amide bonds. The Hall–Kier alpha value is -1.21. The van der Waals surface area contributed by atoms with Crippen LogP contribution in [0.25, 0.3) is 0 Å². The fourth-order valence-electron chi connectivity index (χ4n) is 4.41. The lowest BCUT2D eigenvalue weighted by atomic mass is 9.96. The van der Waals surface area contributed by atoms with E-state index in [1.165, 1.54) is 7.11 Å². The molecule has 2 saturated heterocycles. The number of ether oxygens (including phenoxy) is 2. The molecule has 3 rings (SSSR count). The Kier molecular flexibility index (Phi) is 6.51. The number of hydrogen-bond donors (Lipinski definition) is 1. The van der Waals surface area contributed by atoms with Crippen molar-refractivity contribution in [1.82, 2.24) is 9.80 Å². The first-order valence-electron chi connectivity index (χ1n) is 9.52. The summed E-state index contributed by atoms with van der Waals surface area (Å²) in [6.45, 7) is 9.79. The number of aliphatic hydroxyl groups excluding tert-OH is 1. The molecule has 2 aliphatic heterocycles. The third kappa shape index (κ3) is 4.74. The SMILES string of the molecule is COc1ccc(CN2C[C@H](CO)[C@H](CN3C[C@@H](C)O[C@@H](C)C3)C2)cc1F. The van der Waals surface area contributed by atoms with Gasteiger partial charge in [0, 0.05) is 45.9 Å². The Labute approximate surface area is 155 Å². The molecule has 146 valence electrons. The maximum Gasteiger partial charge on any atom is 0.165 e. The molecule has 0 spiro atoms. The van der Waals surface area contributed by atoms with Crippen LogP contribution in [0.1, 0.15) is 19.4 Å². The molecule has 1 N–H and O–H groups in total. The molecule has 0 unspecified atom stereocenters. The summed E-state index contributed by atoms with van der Waals surface area (Å²) in [5.41, 5.74) is 0.939. The Morgan fingerprint density at radius 2 is 1.81 bits per heavy atom. The fraction of sp³-hybridized carbons (Fsp3) is 0.700. The van der Waals surface area contributed by atoms with Crippen molar-refractivity contribution in [2.24, 2.45) is 11.8 Å². The van der Waals surface area contributed by atoms with Gasteiger partial charge in [0.05, 0.1) is 19.3 Å². The fourth-order valence-corrected chi connectivity index (χ4v) is 4.41. The highest BCUT2D eigenvalue weighted by atomic mass is 19.1. The normalized spacial score (nSPS) is 30.7. The summed E-state index contributed by atoms with van der Waals surface area (Å²) in [6.07, 6.45) is 0.511. The maximum absolute atomic E-state index is 13.9. The van der Waals surface area contributed by atoms with Crippen LogP contribution < -0.4 is 4.74 Å². The van der Waals surface area contributed by atoms with Crippen LogP contribution in [0.5, 0.6) is 5.75 Å². The first-order chi connectivity index (χ1) is 12.5. The van der Waals surface area contributed by atoms with E-state index < -0.39 is 0 Å². The number of halogens is 1. The van der Waals surface area contributed by atoms with Gasteiger partial charge in [0.15, 0.2) is 11.6 Å². The molecule has 1 aromatic carbocycles. The summed E-state index contributed by atoms with van der Waals surface area (Å²) in [6, 6.07) is 5.14. The van der Waals surface area contributed by atoms with Crippen LogP contribution in [0.15, 0.2) is 18.2 Å². The molecule has 1 aromatic rings. The Morgan fingerprint density at radius 3 is 2.42 bits per heavy atom. The second kappa shape index (κ2) is 8.65. The topological polar surface area (TPSA) is 45.2 Å². The predicted molar refractivity (Wildman–Crippen MR) is 98.7 cm³/mol. The summed E-state index contributed by atoms with van der Waals surface area (Å²) in [7, 11) is 1.47. The average Bonchev–Trinajstić information content (AvgIpc) is 2.95. The van der Waals surface area contributed by atoms with Crippen LogP contribution in [-0.4, -0.2) is 73.6 Å². The molecule has 6 heteroatoms. The molecule has 2 fully saturated rings. The highest BCUT2D eigenvalue weighted by Gasteiger charge is 2.35. The van der Waals surface area contributed by atoms with E-state index in [9.17, 15) is 9.50 Å². The van der Waals surface area contributed by atoms with Crippen LogP contribution in [0, 0.1) is 17.7 Å². The summed E-state index contributed by atoms with van der Waals surface area (Å²) in [4.78, 5) is 4.78. The molecule has 2 aliphatic rings. The van der Waals surface area contributed by atoms with Crippen molar-refractivity contribution in [3.8, 4) is 5.75 Å². The quantitative estimate of drug-likeness (QED) is 0.834. The molecule has 26 heavy (non-hydrogen) atoms. The Morgan fingerprint density at radius 1 is 1.12 bits per heavy atom. The van der Waals surface area contributed by atoms with Gasteiger partial charge in [-0.15, -0.1) is 0 Å². The van der Waals surface area contributed by atoms with Gasteiger partial charge in [-0.1, -0.05) is 6.07 Å². The van der Waals surface area contributed by atoms with Gasteiger partial charge in [-0.2, -0.15) is 0 Å². The zero-order valence-corrected chi connectivity index (χ0v) is 16.0. The van der Waals surface area contributed by atoms with Gasteiger partial charge < -0.3 is 14.6 Å². The highest BCUT2D eigenvalue weighted by Crippen LogP contribution is 2.27. The lowest BCUT2D eigenvalue weighted by molar-refractivity contribution is -0.0727. The third-order valence-electron chi connectivity index (χ3n) is 5.50. The van der Waals surface area contributed by atoms with Crippen molar-refractivity contribution in [1.29, 1.82) is 0 Å². The average molecular weight is 366 g/mol. The number of aliphatic hydroxyl groups is 1. The number of morpholine rings is 1. The van der Waals surface area contributed by atoms with E-state index in [0.717, 1.165) is 38.3 Å². The van der Waals surface area contributed by atoms with Crippen LogP contribution >= 0.6 is 0 Å². The van der Waals surface area contributed by atoms with Crippen LogP contribution in [0.4, 0.5) is 4.39 Å². The van der Waals surface area contributed by atoms with Gasteiger partial charge in [0.1, 0.15) is 0 Å². The maximum atomic E-state index is 13.9. The highest BCUT2D eigenvalue weighted by molar-refractivity contribution is 5.29. The Bertz CT molecular complexity index is 590. The zero-order valence-electron chi connectivity index (χ0n) is 16.0. The van der Waals surface area contributed by atoms with E-state index in [1.807, 2.05) is 6.07 Å². The molecule has 2 heterocycles. The molecule has 0 aliphatic carbocycles. The Balaban J connectivity index is 1.59. The van der Waals surface area contributed by atoms with E-state index >= 15 is 0 Å². The van der Waals surface area contributed by atoms with Crippen LogP contribution in [0.3, 0.4) is 0 Å². The summed E-state index contributed by atoms with van der Waals surface area (Å²) >= 11 is 0. The van der Waals surface area contributed by atoms with Gasteiger partial charge in [-0.25, -0.2) is 4.39 Å². The number of rotatable bonds is 6. The number of likely N-dealkylation sites (tertiary alicyclic amines) is 1. The van der Waals surface area contributed by atoms with Crippen molar-refractivity contribution in [2.75, 3.05) is 46.4 Å². The second-order valence-corrected chi connectivity index (χ2v) is 7.84. The van der Waals surface area contributed by atoms with Gasteiger partial charge in [-0.05, 0) is 43.4 Å².